The average Bonchev–Trinajstić information content (AvgIpc) is 3.45. The Bertz CT molecular complexity index is 1110. The summed E-state index contributed by atoms with van der Waals surface area (Å²) >= 11 is 0. The lowest BCUT2D eigenvalue weighted by Gasteiger charge is -2.43. The molecule has 0 spiro atoms. The largest absolute Gasteiger partial charge is 0.467 e. The summed E-state index contributed by atoms with van der Waals surface area (Å²) in [5.41, 5.74) is -0.286. The number of imidazole rings is 1. The zero-order valence-electron chi connectivity index (χ0n) is 17.2. The molecular weight excluding hydrogens is 400 g/mol. The summed E-state index contributed by atoms with van der Waals surface area (Å²) in [5, 5.41) is 2.92. The second-order valence-corrected chi connectivity index (χ2v) is 7.47. The second-order valence-electron chi connectivity index (χ2n) is 7.47. The number of hydrogen-bond acceptors (Lipinski definition) is 6. The van der Waals surface area contributed by atoms with Gasteiger partial charge in [-0.05, 0) is 24.6 Å². The molecule has 0 bridgehead atoms. The van der Waals surface area contributed by atoms with Gasteiger partial charge in [0.05, 0.1) is 32.8 Å². The Labute approximate surface area is 178 Å². The van der Waals surface area contributed by atoms with Crippen LogP contribution in [-0.4, -0.2) is 44.9 Å². The van der Waals surface area contributed by atoms with Crippen LogP contribution in [0.25, 0.3) is 0 Å². The molecular formula is C22H22N4O5. The van der Waals surface area contributed by atoms with E-state index in [0.29, 0.717) is 12.3 Å². The molecule has 0 unspecified atom stereocenters. The number of fused-ring (bicyclic) bond motifs is 1. The quantitative estimate of drug-likeness (QED) is 0.609. The minimum atomic E-state index is -1.24. The van der Waals surface area contributed by atoms with Crippen molar-refractivity contribution in [3.05, 3.63) is 77.8 Å². The first-order valence-electron chi connectivity index (χ1n) is 9.74. The molecule has 1 aromatic carbocycles. The van der Waals surface area contributed by atoms with E-state index in [0.717, 1.165) is 5.56 Å². The number of amides is 2. The number of nitrogens with zero attached hydrogens (tertiary/aromatic N) is 3. The standard InChI is InChI=1S/C22H22N4O5/c1-22(21(29)23-11-15-7-4-3-5-8-15)13-25-14-24-17(20(28)30-2)18(25)19(27)26(22)12-16-9-6-10-31-16/h3-10,14H,11-13H2,1-2H3,(H,23,29)/t22-/m0/s1. The van der Waals surface area contributed by atoms with Gasteiger partial charge in [0.15, 0.2) is 5.69 Å². The van der Waals surface area contributed by atoms with Gasteiger partial charge in [-0.1, -0.05) is 30.3 Å². The Morgan fingerprint density at radius 2 is 2.00 bits per heavy atom. The van der Waals surface area contributed by atoms with Gasteiger partial charge < -0.3 is 23.9 Å². The number of benzene rings is 1. The van der Waals surface area contributed by atoms with Crippen LogP contribution in [0.5, 0.6) is 0 Å². The number of furan rings is 1. The van der Waals surface area contributed by atoms with Crippen LogP contribution < -0.4 is 5.32 Å². The fraction of sp³-hybridized carbons (Fsp3) is 0.273. The first-order chi connectivity index (χ1) is 14.9. The van der Waals surface area contributed by atoms with E-state index in [1.54, 1.807) is 19.1 Å². The van der Waals surface area contributed by atoms with Crippen LogP contribution >= 0.6 is 0 Å². The van der Waals surface area contributed by atoms with Crippen molar-refractivity contribution >= 4 is 17.8 Å². The van der Waals surface area contributed by atoms with Crippen LogP contribution in [0.4, 0.5) is 0 Å². The number of methoxy groups -OCH3 is 1. The van der Waals surface area contributed by atoms with Gasteiger partial charge in [-0.25, -0.2) is 9.78 Å². The molecule has 2 aromatic heterocycles. The van der Waals surface area contributed by atoms with E-state index < -0.39 is 17.4 Å². The lowest BCUT2D eigenvalue weighted by Crippen LogP contribution is -2.63. The van der Waals surface area contributed by atoms with Crippen molar-refractivity contribution in [2.24, 2.45) is 0 Å². The minimum absolute atomic E-state index is 0.0624. The Kier molecular flexibility index (Phi) is 5.33. The van der Waals surface area contributed by atoms with Gasteiger partial charge in [0.25, 0.3) is 5.91 Å². The monoisotopic (exact) mass is 422 g/mol. The van der Waals surface area contributed by atoms with Gasteiger partial charge in [0.2, 0.25) is 5.91 Å². The maximum atomic E-state index is 13.5. The van der Waals surface area contributed by atoms with E-state index in [9.17, 15) is 14.4 Å². The molecule has 1 N–H and O–H groups in total. The smallest absolute Gasteiger partial charge is 0.359 e. The topological polar surface area (TPSA) is 107 Å². The highest BCUT2D eigenvalue weighted by molar-refractivity contribution is 6.06. The van der Waals surface area contributed by atoms with Crippen LogP contribution in [0.1, 0.15) is 39.2 Å². The third-order valence-electron chi connectivity index (χ3n) is 5.42. The van der Waals surface area contributed by atoms with Crippen LogP contribution in [0, 0.1) is 0 Å². The van der Waals surface area contributed by atoms with E-state index >= 15 is 0 Å². The van der Waals surface area contributed by atoms with Gasteiger partial charge in [-0.2, -0.15) is 0 Å². The lowest BCUT2D eigenvalue weighted by atomic mass is 9.94. The summed E-state index contributed by atoms with van der Waals surface area (Å²) < 4.78 is 11.7. The fourth-order valence-electron chi connectivity index (χ4n) is 3.71. The van der Waals surface area contributed by atoms with Gasteiger partial charge in [-0.3, -0.25) is 9.59 Å². The van der Waals surface area contributed by atoms with Gasteiger partial charge in [0, 0.05) is 6.54 Å². The highest BCUT2D eigenvalue weighted by atomic mass is 16.5. The van der Waals surface area contributed by atoms with Crippen LogP contribution in [0.3, 0.4) is 0 Å². The molecule has 1 aliphatic rings. The summed E-state index contributed by atoms with van der Waals surface area (Å²) in [6.07, 6.45) is 2.88. The Morgan fingerprint density at radius 1 is 1.23 bits per heavy atom. The summed E-state index contributed by atoms with van der Waals surface area (Å²) in [6, 6.07) is 12.9. The van der Waals surface area contributed by atoms with Crippen molar-refractivity contribution in [3.8, 4) is 0 Å². The van der Waals surface area contributed by atoms with Crippen molar-refractivity contribution in [3.63, 3.8) is 0 Å². The molecule has 9 nitrogen and oxygen atoms in total. The number of aromatic nitrogens is 2. The molecule has 0 fully saturated rings. The Balaban J connectivity index is 1.68. The summed E-state index contributed by atoms with van der Waals surface area (Å²) in [6.45, 7) is 2.20. The molecule has 9 heteroatoms. The molecule has 3 heterocycles. The summed E-state index contributed by atoms with van der Waals surface area (Å²) in [7, 11) is 1.23. The van der Waals surface area contributed by atoms with Crippen molar-refractivity contribution in [1.29, 1.82) is 0 Å². The summed E-state index contributed by atoms with van der Waals surface area (Å²) in [4.78, 5) is 44.4. The maximum Gasteiger partial charge on any atom is 0.359 e. The SMILES string of the molecule is COC(=O)c1ncn2c1C(=O)N(Cc1ccco1)[C@](C)(C(=O)NCc1ccccc1)C2. The van der Waals surface area contributed by atoms with Crippen molar-refractivity contribution < 1.29 is 23.5 Å². The number of rotatable bonds is 6. The van der Waals surface area contributed by atoms with Crippen LogP contribution in [0.2, 0.25) is 0 Å². The Hall–Kier alpha value is -3.88. The predicted octanol–water partition coefficient (Wildman–Crippen LogP) is 1.99. The molecule has 0 saturated heterocycles. The molecule has 0 aliphatic carbocycles. The molecule has 0 radical (unpaired) electrons. The second kappa shape index (κ2) is 8.10. The highest BCUT2D eigenvalue weighted by Crippen LogP contribution is 2.31. The highest BCUT2D eigenvalue weighted by Gasteiger charge is 2.49. The van der Waals surface area contributed by atoms with E-state index in [2.05, 4.69) is 10.3 Å². The average molecular weight is 422 g/mol. The molecule has 1 atom stereocenters. The van der Waals surface area contributed by atoms with Gasteiger partial charge in [-0.15, -0.1) is 0 Å². The van der Waals surface area contributed by atoms with Crippen molar-refractivity contribution in [2.45, 2.75) is 32.1 Å². The fourth-order valence-corrected chi connectivity index (χ4v) is 3.71. The number of carbonyl (C=O) groups excluding carboxylic acids is 3. The zero-order valence-corrected chi connectivity index (χ0v) is 17.2. The first-order valence-corrected chi connectivity index (χ1v) is 9.74. The molecule has 160 valence electrons. The van der Waals surface area contributed by atoms with Crippen LogP contribution in [0.15, 0.2) is 59.5 Å². The van der Waals surface area contributed by atoms with Crippen molar-refractivity contribution in [2.75, 3.05) is 7.11 Å². The van der Waals surface area contributed by atoms with E-state index in [-0.39, 0.29) is 30.4 Å². The summed E-state index contributed by atoms with van der Waals surface area (Å²) in [5.74, 6) is -1.02. The molecule has 4 rings (SSSR count). The lowest BCUT2D eigenvalue weighted by molar-refractivity contribution is -0.133. The number of ether oxygens (including phenoxy) is 1. The molecule has 3 aromatic rings. The molecule has 31 heavy (non-hydrogen) atoms. The van der Waals surface area contributed by atoms with E-state index in [4.69, 9.17) is 9.15 Å². The third-order valence-corrected chi connectivity index (χ3v) is 5.42. The molecule has 0 saturated carbocycles. The van der Waals surface area contributed by atoms with Gasteiger partial charge in [0.1, 0.15) is 17.0 Å². The number of carbonyl (C=O) groups is 3. The van der Waals surface area contributed by atoms with Crippen molar-refractivity contribution in [1.82, 2.24) is 19.8 Å². The maximum absolute atomic E-state index is 13.5. The first kappa shape index (κ1) is 20.4. The van der Waals surface area contributed by atoms with Gasteiger partial charge >= 0.3 is 5.97 Å². The molecule has 2 amide bonds. The minimum Gasteiger partial charge on any atom is -0.467 e. The normalized spacial score (nSPS) is 17.9. The Morgan fingerprint density at radius 3 is 2.68 bits per heavy atom. The zero-order chi connectivity index (χ0) is 22.0. The number of hydrogen-bond donors (Lipinski definition) is 1. The predicted molar refractivity (Wildman–Crippen MR) is 109 cm³/mol. The third kappa shape index (κ3) is 3.70. The number of nitrogens with one attached hydrogen (secondary N) is 1. The van der Waals surface area contributed by atoms with E-state index in [1.165, 1.54) is 29.2 Å². The molecule has 1 aliphatic heterocycles. The number of esters is 1. The van der Waals surface area contributed by atoms with Crippen LogP contribution in [-0.2, 0) is 29.2 Å². The van der Waals surface area contributed by atoms with E-state index in [1.807, 2.05) is 30.3 Å².